The van der Waals surface area contributed by atoms with Gasteiger partial charge >= 0.3 is 0 Å². The summed E-state index contributed by atoms with van der Waals surface area (Å²) in [7, 11) is 0. The van der Waals surface area contributed by atoms with Crippen LogP contribution in [0, 0.1) is 11.3 Å². The zero-order valence-electron chi connectivity index (χ0n) is 10.0. The molecule has 2 heteroatoms. The Bertz CT molecular complexity index is 264. The Morgan fingerprint density at radius 1 is 1.25 bits per heavy atom. The van der Waals surface area contributed by atoms with Gasteiger partial charge in [0, 0.05) is 11.7 Å². The highest BCUT2D eigenvalue weighted by molar-refractivity contribution is 8.23. The molecule has 0 nitrogen and oxygen atoms in total. The van der Waals surface area contributed by atoms with Crippen LogP contribution in [0.15, 0.2) is 12.7 Å². The van der Waals surface area contributed by atoms with Crippen LogP contribution in [0.5, 0.6) is 0 Å². The van der Waals surface area contributed by atoms with Crippen molar-refractivity contribution in [1.29, 1.82) is 0 Å². The number of thiocarbonyl (C=S) groups is 1. The molecular formula is C14H22S2. The third-order valence-corrected chi connectivity index (χ3v) is 5.99. The maximum absolute atomic E-state index is 5.65. The van der Waals surface area contributed by atoms with E-state index in [2.05, 4.69) is 6.58 Å². The van der Waals surface area contributed by atoms with Gasteiger partial charge in [-0.15, -0.1) is 18.3 Å². The lowest BCUT2D eigenvalue weighted by Crippen LogP contribution is -2.31. The number of hydrogen-bond donors (Lipinski definition) is 0. The van der Waals surface area contributed by atoms with Crippen LogP contribution in [0.3, 0.4) is 0 Å². The van der Waals surface area contributed by atoms with Gasteiger partial charge in [0.2, 0.25) is 0 Å². The lowest BCUT2D eigenvalue weighted by Gasteiger charge is -2.39. The van der Waals surface area contributed by atoms with Crippen molar-refractivity contribution in [1.82, 2.24) is 0 Å². The standard InChI is InChI=1S/C14H22S2/c1-2-11-16-13(15)12-7-6-10-14(12)8-4-3-5-9-14/h2,12H,1,3-11H2. The highest BCUT2D eigenvalue weighted by Crippen LogP contribution is 2.54. The van der Waals surface area contributed by atoms with E-state index in [0.717, 1.165) is 11.7 Å². The molecule has 2 aliphatic carbocycles. The van der Waals surface area contributed by atoms with E-state index in [4.69, 9.17) is 12.2 Å². The molecule has 0 aliphatic heterocycles. The van der Waals surface area contributed by atoms with Crippen molar-refractivity contribution < 1.29 is 0 Å². The smallest absolute Gasteiger partial charge is 0.0518 e. The maximum Gasteiger partial charge on any atom is 0.0518 e. The van der Waals surface area contributed by atoms with Gasteiger partial charge in [-0.25, -0.2) is 0 Å². The second kappa shape index (κ2) is 5.68. The Kier molecular flexibility index (Phi) is 4.48. The largest absolute Gasteiger partial charge is 0.115 e. The average Bonchev–Trinajstić information content (AvgIpc) is 2.70. The Balaban J connectivity index is 2.01. The Morgan fingerprint density at radius 2 is 1.94 bits per heavy atom. The molecule has 0 radical (unpaired) electrons. The predicted octanol–water partition coefficient (Wildman–Crippen LogP) is 4.98. The number of rotatable bonds is 3. The zero-order valence-corrected chi connectivity index (χ0v) is 11.7. The summed E-state index contributed by atoms with van der Waals surface area (Å²) < 4.78 is 1.28. The first kappa shape index (κ1) is 12.6. The summed E-state index contributed by atoms with van der Waals surface area (Å²) in [5, 5.41) is 0. The molecule has 2 rings (SSSR count). The molecule has 0 bridgehead atoms. The zero-order chi connectivity index (χ0) is 11.4. The molecule has 1 spiro atoms. The van der Waals surface area contributed by atoms with Crippen molar-refractivity contribution in [3.05, 3.63) is 12.7 Å². The van der Waals surface area contributed by atoms with Gasteiger partial charge in [-0.2, -0.15) is 0 Å². The van der Waals surface area contributed by atoms with Crippen LogP contribution in [0.2, 0.25) is 0 Å². The van der Waals surface area contributed by atoms with Gasteiger partial charge in [-0.1, -0.05) is 44.0 Å². The lowest BCUT2D eigenvalue weighted by atomic mass is 9.68. The van der Waals surface area contributed by atoms with Crippen LogP contribution in [-0.2, 0) is 0 Å². The van der Waals surface area contributed by atoms with E-state index < -0.39 is 0 Å². The first-order chi connectivity index (χ1) is 7.78. The molecule has 0 amide bonds. The van der Waals surface area contributed by atoms with Crippen molar-refractivity contribution in [3.8, 4) is 0 Å². The van der Waals surface area contributed by atoms with Gasteiger partial charge in [0.1, 0.15) is 0 Å². The number of hydrogen-bond acceptors (Lipinski definition) is 2. The monoisotopic (exact) mass is 254 g/mol. The molecule has 2 fully saturated rings. The molecule has 2 saturated carbocycles. The first-order valence-corrected chi connectivity index (χ1v) is 7.95. The van der Waals surface area contributed by atoms with Crippen LogP contribution in [0.25, 0.3) is 0 Å². The normalized spacial score (nSPS) is 28.1. The highest BCUT2D eigenvalue weighted by atomic mass is 32.2. The summed E-state index contributed by atoms with van der Waals surface area (Å²) >= 11 is 7.50. The minimum atomic E-state index is 0.615. The quantitative estimate of drug-likeness (QED) is 0.514. The lowest BCUT2D eigenvalue weighted by molar-refractivity contribution is 0.167. The molecule has 0 heterocycles. The summed E-state index contributed by atoms with van der Waals surface area (Å²) in [6.07, 6.45) is 13.4. The van der Waals surface area contributed by atoms with Crippen LogP contribution in [0.4, 0.5) is 0 Å². The van der Waals surface area contributed by atoms with Crippen LogP contribution < -0.4 is 0 Å². The predicted molar refractivity (Wildman–Crippen MR) is 78.1 cm³/mol. The van der Waals surface area contributed by atoms with E-state index in [1.165, 1.54) is 55.6 Å². The van der Waals surface area contributed by atoms with Gasteiger partial charge in [-0.05, 0) is 31.1 Å². The molecule has 0 aromatic carbocycles. The summed E-state index contributed by atoms with van der Waals surface area (Å²) in [5.41, 5.74) is 0.615. The van der Waals surface area contributed by atoms with Crippen molar-refractivity contribution in [2.24, 2.45) is 11.3 Å². The van der Waals surface area contributed by atoms with Gasteiger partial charge in [0.25, 0.3) is 0 Å². The second-order valence-corrected chi connectivity index (χ2v) is 7.05. The average molecular weight is 254 g/mol. The molecular weight excluding hydrogens is 232 g/mol. The van der Waals surface area contributed by atoms with Crippen LogP contribution in [-0.4, -0.2) is 9.95 Å². The number of thioether (sulfide) groups is 1. The molecule has 90 valence electrons. The highest BCUT2D eigenvalue weighted by Gasteiger charge is 2.44. The molecule has 2 aliphatic rings. The minimum Gasteiger partial charge on any atom is -0.115 e. The fraction of sp³-hybridized carbons (Fsp3) is 0.786. The topological polar surface area (TPSA) is 0 Å². The Morgan fingerprint density at radius 3 is 2.62 bits per heavy atom. The maximum atomic E-state index is 5.65. The fourth-order valence-corrected chi connectivity index (χ4v) is 5.03. The molecule has 16 heavy (non-hydrogen) atoms. The molecule has 0 saturated heterocycles. The molecule has 1 unspecified atom stereocenters. The third kappa shape index (κ3) is 2.53. The van der Waals surface area contributed by atoms with Crippen molar-refractivity contribution in [2.45, 2.75) is 51.4 Å². The van der Waals surface area contributed by atoms with E-state index in [-0.39, 0.29) is 0 Å². The summed E-state index contributed by atoms with van der Waals surface area (Å²) in [4.78, 5) is 0. The van der Waals surface area contributed by atoms with E-state index >= 15 is 0 Å². The molecule has 0 aromatic heterocycles. The first-order valence-electron chi connectivity index (χ1n) is 6.56. The van der Waals surface area contributed by atoms with E-state index in [1.54, 1.807) is 0 Å². The third-order valence-electron chi connectivity index (χ3n) is 4.38. The fourth-order valence-electron chi connectivity index (χ4n) is 3.60. The molecule has 0 N–H and O–H groups in total. The van der Waals surface area contributed by atoms with Gasteiger partial charge in [-0.3, -0.25) is 0 Å². The van der Waals surface area contributed by atoms with E-state index in [1.807, 2.05) is 17.8 Å². The van der Waals surface area contributed by atoms with Gasteiger partial charge < -0.3 is 0 Å². The van der Waals surface area contributed by atoms with Crippen LogP contribution in [0.1, 0.15) is 51.4 Å². The van der Waals surface area contributed by atoms with Crippen molar-refractivity contribution in [3.63, 3.8) is 0 Å². The SMILES string of the molecule is C=CCSC(=S)C1CCCC12CCCCC2. The minimum absolute atomic E-state index is 0.615. The Labute approximate surface area is 109 Å². The van der Waals surface area contributed by atoms with Gasteiger partial charge in [0.15, 0.2) is 0 Å². The summed E-state index contributed by atoms with van der Waals surface area (Å²) in [5.74, 6) is 1.72. The summed E-state index contributed by atoms with van der Waals surface area (Å²) in [6.45, 7) is 3.78. The second-order valence-electron chi connectivity index (χ2n) is 5.29. The van der Waals surface area contributed by atoms with Gasteiger partial charge in [0.05, 0.1) is 4.20 Å². The van der Waals surface area contributed by atoms with E-state index in [9.17, 15) is 0 Å². The molecule has 1 atom stereocenters. The van der Waals surface area contributed by atoms with E-state index in [0.29, 0.717) is 5.41 Å². The van der Waals surface area contributed by atoms with Crippen molar-refractivity contribution >= 4 is 28.2 Å². The van der Waals surface area contributed by atoms with Crippen LogP contribution >= 0.6 is 24.0 Å². The molecule has 0 aromatic rings. The van der Waals surface area contributed by atoms with Crippen molar-refractivity contribution in [2.75, 3.05) is 5.75 Å². The Hall–Kier alpha value is 0.180. The summed E-state index contributed by atoms with van der Waals surface area (Å²) in [6, 6.07) is 0.